The molecule has 0 aromatic heterocycles. The Morgan fingerprint density at radius 2 is 2.00 bits per heavy atom. The molecule has 1 aliphatic rings. The van der Waals surface area contributed by atoms with Gasteiger partial charge in [-0.2, -0.15) is 5.10 Å². The second-order valence-corrected chi connectivity index (χ2v) is 7.27. The number of hydrogen-bond donors (Lipinski definition) is 2. The lowest BCUT2D eigenvalue weighted by Gasteiger charge is -2.41. The predicted molar refractivity (Wildman–Crippen MR) is 113 cm³/mol. The van der Waals surface area contributed by atoms with Crippen molar-refractivity contribution in [1.82, 2.24) is 10.3 Å². The maximum absolute atomic E-state index is 14.7. The molecule has 0 saturated carbocycles. The van der Waals surface area contributed by atoms with Gasteiger partial charge in [-0.15, -0.1) is 0 Å². The van der Waals surface area contributed by atoms with Crippen molar-refractivity contribution < 1.29 is 8.78 Å². The summed E-state index contributed by atoms with van der Waals surface area (Å²) in [6.45, 7) is 2.03. The number of rotatable bonds is 5. The average molecular weight is 404 g/mol. The number of nitrogens with zero attached hydrogens (tertiary/aromatic N) is 3. The fourth-order valence-electron chi connectivity index (χ4n) is 3.33. The van der Waals surface area contributed by atoms with Gasteiger partial charge in [0.15, 0.2) is 5.11 Å². The van der Waals surface area contributed by atoms with Crippen molar-refractivity contribution in [3.63, 3.8) is 0 Å². The van der Waals surface area contributed by atoms with E-state index in [2.05, 4.69) is 46.8 Å². The maximum Gasteiger partial charge on any atom is 0.184 e. The SMILES string of the molecule is CN1CCN(c2cc(F)c(/C=N/NC(N)=S)cc2F)C[C@@H]1Cc1ccccc1. The molecule has 1 atom stereocenters. The number of piperazine rings is 1. The highest BCUT2D eigenvalue weighted by molar-refractivity contribution is 7.80. The zero-order valence-electron chi connectivity index (χ0n) is 15.6. The molecule has 3 N–H and O–H groups in total. The van der Waals surface area contributed by atoms with E-state index in [9.17, 15) is 8.78 Å². The first-order valence-electron chi connectivity index (χ1n) is 9.00. The summed E-state index contributed by atoms with van der Waals surface area (Å²) >= 11 is 4.62. The van der Waals surface area contributed by atoms with E-state index < -0.39 is 11.6 Å². The van der Waals surface area contributed by atoms with Crippen LogP contribution in [0.1, 0.15) is 11.1 Å². The van der Waals surface area contributed by atoms with Gasteiger partial charge in [0.25, 0.3) is 0 Å². The van der Waals surface area contributed by atoms with Crippen LogP contribution in [-0.2, 0) is 6.42 Å². The summed E-state index contributed by atoms with van der Waals surface area (Å²) in [5, 5.41) is 3.64. The van der Waals surface area contributed by atoms with Crippen LogP contribution in [0.4, 0.5) is 14.5 Å². The first kappa shape index (κ1) is 20.2. The Balaban J connectivity index is 1.76. The molecule has 0 radical (unpaired) electrons. The van der Waals surface area contributed by atoms with Crippen molar-refractivity contribution in [3.05, 3.63) is 65.2 Å². The second kappa shape index (κ2) is 9.07. The van der Waals surface area contributed by atoms with Gasteiger partial charge in [0.05, 0.1) is 11.9 Å². The van der Waals surface area contributed by atoms with Crippen LogP contribution in [0.3, 0.4) is 0 Å². The number of anilines is 1. The Kier molecular flexibility index (Phi) is 6.53. The van der Waals surface area contributed by atoms with Crippen LogP contribution < -0.4 is 16.1 Å². The van der Waals surface area contributed by atoms with E-state index in [4.69, 9.17) is 5.73 Å². The number of hydrazone groups is 1. The number of likely N-dealkylation sites (N-methyl/N-ethyl adjacent to an activating group) is 1. The summed E-state index contributed by atoms with van der Waals surface area (Å²) in [5.41, 5.74) is 9.10. The van der Waals surface area contributed by atoms with E-state index in [0.717, 1.165) is 25.2 Å². The smallest absolute Gasteiger partial charge is 0.184 e. The molecule has 28 heavy (non-hydrogen) atoms. The Labute approximate surface area is 168 Å². The van der Waals surface area contributed by atoms with Crippen molar-refractivity contribution in [1.29, 1.82) is 0 Å². The van der Waals surface area contributed by atoms with E-state index in [1.165, 1.54) is 11.6 Å². The maximum atomic E-state index is 14.7. The zero-order chi connectivity index (χ0) is 20.1. The summed E-state index contributed by atoms with van der Waals surface area (Å²) in [6, 6.07) is 12.8. The standard InChI is InChI=1S/C20H23F2N5S/c1-26-7-8-27(13-16(26)9-14-5-3-2-4-6-14)19-11-17(21)15(10-18(19)22)12-24-25-20(23)28/h2-6,10-12,16H,7-9,13H2,1H3,(H3,23,25,28)/b24-12+/t16-/m0/s1. The molecule has 0 bridgehead atoms. The number of thiocarbonyl (C=S) groups is 1. The summed E-state index contributed by atoms with van der Waals surface area (Å²) in [4.78, 5) is 4.17. The highest BCUT2D eigenvalue weighted by atomic mass is 32.1. The van der Waals surface area contributed by atoms with Gasteiger partial charge >= 0.3 is 0 Å². The summed E-state index contributed by atoms with van der Waals surface area (Å²) in [7, 11) is 2.07. The van der Waals surface area contributed by atoms with Gasteiger partial charge in [-0.3, -0.25) is 10.3 Å². The van der Waals surface area contributed by atoms with Crippen molar-refractivity contribution >= 4 is 29.2 Å². The third-order valence-corrected chi connectivity index (χ3v) is 4.97. The molecule has 1 heterocycles. The van der Waals surface area contributed by atoms with Gasteiger partial charge in [-0.25, -0.2) is 8.78 Å². The van der Waals surface area contributed by atoms with Crippen LogP contribution in [-0.4, -0.2) is 49.0 Å². The minimum atomic E-state index is -0.552. The van der Waals surface area contributed by atoms with E-state index in [1.807, 2.05) is 23.1 Å². The van der Waals surface area contributed by atoms with Crippen LogP contribution in [0, 0.1) is 11.6 Å². The molecule has 0 aliphatic carbocycles. The molecular formula is C20H23F2N5S. The molecule has 5 nitrogen and oxygen atoms in total. The molecule has 2 aromatic carbocycles. The summed E-state index contributed by atoms with van der Waals surface area (Å²) in [5.74, 6) is -1.04. The normalized spacial score (nSPS) is 17.8. The Hall–Kier alpha value is -2.58. The van der Waals surface area contributed by atoms with E-state index >= 15 is 0 Å². The third-order valence-electron chi connectivity index (χ3n) is 4.88. The van der Waals surface area contributed by atoms with E-state index in [-0.39, 0.29) is 22.4 Å². The first-order valence-corrected chi connectivity index (χ1v) is 9.41. The van der Waals surface area contributed by atoms with Crippen LogP contribution in [0.25, 0.3) is 0 Å². The van der Waals surface area contributed by atoms with Crippen molar-refractivity contribution in [3.8, 4) is 0 Å². The molecule has 0 amide bonds. The minimum absolute atomic E-state index is 0.0277. The number of nitrogens with one attached hydrogen (secondary N) is 1. The largest absolute Gasteiger partial charge is 0.375 e. The van der Waals surface area contributed by atoms with Gasteiger partial charge in [-0.1, -0.05) is 30.3 Å². The number of hydrogen-bond acceptors (Lipinski definition) is 4. The topological polar surface area (TPSA) is 56.9 Å². The monoisotopic (exact) mass is 403 g/mol. The first-order chi connectivity index (χ1) is 13.4. The Morgan fingerprint density at radius 1 is 1.25 bits per heavy atom. The van der Waals surface area contributed by atoms with Crippen LogP contribution in [0.5, 0.6) is 0 Å². The quantitative estimate of drug-likeness (QED) is 0.456. The van der Waals surface area contributed by atoms with Gasteiger partial charge in [0.2, 0.25) is 0 Å². The molecule has 1 fully saturated rings. The Bertz CT molecular complexity index is 859. The molecule has 1 aliphatic heterocycles. The Morgan fingerprint density at radius 3 is 2.71 bits per heavy atom. The zero-order valence-corrected chi connectivity index (χ0v) is 16.4. The lowest BCUT2D eigenvalue weighted by atomic mass is 10.0. The van der Waals surface area contributed by atoms with Crippen LogP contribution in [0.2, 0.25) is 0 Å². The van der Waals surface area contributed by atoms with E-state index in [0.29, 0.717) is 13.1 Å². The average Bonchev–Trinajstić information content (AvgIpc) is 2.67. The predicted octanol–water partition coefficient (Wildman–Crippen LogP) is 2.50. The highest BCUT2D eigenvalue weighted by Gasteiger charge is 2.26. The van der Waals surface area contributed by atoms with Crippen LogP contribution >= 0.6 is 12.2 Å². The lowest BCUT2D eigenvalue weighted by Crippen LogP contribution is -2.52. The lowest BCUT2D eigenvalue weighted by molar-refractivity contribution is 0.216. The molecule has 0 unspecified atom stereocenters. The van der Waals surface area contributed by atoms with E-state index in [1.54, 1.807) is 0 Å². The van der Waals surface area contributed by atoms with Crippen molar-refractivity contribution in [2.24, 2.45) is 10.8 Å². The molecule has 148 valence electrons. The fraction of sp³-hybridized carbons (Fsp3) is 0.300. The number of halogens is 2. The van der Waals surface area contributed by atoms with Gasteiger partial charge in [0.1, 0.15) is 11.6 Å². The molecule has 0 spiro atoms. The molecular weight excluding hydrogens is 380 g/mol. The molecule has 8 heteroatoms. The van der Waals surface area contributed by atoms with Crippen LogP contribution in [0.15, 0.2) is 47.6 Å². The summed E-state index contributed by atoms with van der Waals surface area (Å²) < 4.78 is 29.1. The molecule has 1 saturated heterocycles. The molecule has 2 aromatic rings. The fourth-order valence-corrected chi connectivity index (χ4v) is 3.38. The van der Waals surface area contributed by atoms with Crippen molar-refractivity contribution in [2.45, 2.75) is 12.5 Å². The number of nitrogens with two attached hydrogens (primary N) is 1. The van der Waals surface area contributed by atoms with Gasteiger partial charge in [-0.05, 0) is 37.3 Å². The second-order valence-electron chi connectivity index (χ2n) is 6.83. The molecule has 3 rings (SSSR count). The van der Waals surface area contributed by atoms with Crippen molar-refractivity contribution in [2.75, 3.05) is 31.6 Å². The minimum Gasteiger partial charge on any atom is -0.375 e. The van der Waals surface area contributed by atoms with Gasteiger partial charge in [0, 0.05) is 37.3 Å². The third kappa shape index (κ3) is 5.02. The highest BCUT2D eigenvalue weighted by Crippen LogP contribution is 2.26. The number of benzene rings is 2. The van der Waals surface area contributed by atoms with Gasteiger partial charge < -0.3 is 10.6 Å². The summed E-state index contributed by atoms with van der Waals surface area (Å²) in [6.07, 6.45) is 2.01.